The summed E-state index contributed by atoms with van der Waals surface area (Å²) in [4.78, 5) is 0. The number of hydrogen-bond donors (Lipinski definition) is 0. The molecule has 0 N–H and O–H groups in total. The van der Waals surface area contributed by atoms with Crippen LogP contribution in [0, 0.1) is 0 Å². The van der Waals surface area contributed by atoms with Crippen molar-refractivity contribution in [2.75, 3.05) is 20.4 Å². The van der Waals surface area contributed by atoms with Crippen LogP contribution < -0.4 is 0 Å². The molecule has 66 valence electrons. The molecule has 0 aromatic rings. The molecular weight excluding hydrogens is 159 g/mol. The molecule has 0 saturated carbocycles. The molecule has 0 aromatic carbocycles. The van der Waals surface area contributed by atoms with Crippen molar-refractivity contribution < 1.29 is 9.47 Å². The van der Waals surface area contributed by atoms with Crippen LogP contribution in [0.15, 0.2) is 12.2 Å². The molecule has 0 saturated heterocycles. The Morgan fingerprint density at radius 3 is 2.45 bits per heavy atom. The molecule has 0 fully saturated rings. The Morgan fingerprint density at radius 1 is 1.36 bits per heavy atom. The van der Waals surface area contributed by atoms with Gasteiger partial charge in [0.2, 0.25) is 0 Å². The second-order valence-electron chi connectivity index (χ2n) is 2.20. The molecule has 3 heteroatoms. The SMILES string of the molecule is COC(/C=C\CCCP)OC. The molecule has 0 aromatic heterocycles. The number of allylic oxidation sites excluding steroid dienone is 1. The Hall–Kier alpha value is 0.0900. The first kappa shape index (κ1) is 11.1. The maximum absolute atomic E-state index is 4.97. The van der Waals surface area contributed by atoms with Crippen LogP contribution in [0.4, 0.5) is 0 Å². The largest absolute Gasteiger partial charge is 0.352 e. The predicted octanol–water partition coefficient (Wildman–Crippen LogP) is 1.82. The average Bonchev–Trinajstić information content (AvgIpc) is 2.05. The Kier molecular flexibility index (Phi) is 8.26. The number of methoxy groups -OCH3 is 2. The first-order chi connectivity index (χ1) is 5.35. The van der Waals surface area contributed by atoms with Crippen LogP contribution in [0.2, 0.25) is 0 Å². The van der Waals surface area contributed by atoms with E-state index in [1.54, 1.807) is 14.2 Å². The summed E-state index contributed by atoms with van der Waals surface area (Å²) in [6.45, 7) is 0. The van der Waals surface area contributed by atoms with E-state index in [4.69, 9.17) is 9.47 Å². The molecule has 0 spiro atoms. The highest BCUT2D eigenvalue weighted by atomic mass is 31.0. The van der Waals surface area contributed by atoms with Gasteiger partial charge in [0.1, 0.15) is 0 Å². The van der Waals surface area contributed by atoms with Gasteiger partial charge in [-0.25, -0.2) is 0 Å². The van der Waals surface area contributed by atoms with Gasteiger partial charge in [-0.3, -0.25) is 0 Å². The lowest BCUT2D eigenvalue weighted by molar-refractivity contribution is -0.0667. The van der Waals surface area contributed by atoms with Crippen LogP contribution >= 0.6 is 9.24 Å². The van der Waals surface area contributed by atoms with E-state index < -0.39 is 0 Å². The first-order valence-corrected chi connectivity index (χ1v) is 4.59. The zero-order valence-corrected chi connectivity index (χ0v) is 8.40. The smallest absolute Gasteiger partial charge is 0.176 e. The molecule has 0 heterocycles. The van der Waals surface area contributed by atoms with E-state index >= 15 is 0 Å². The van der Waals surface area contributed by atoms with Gasteiger partial charge >= 0.3 is 0 Å². The summed E-state index contributed by atoms with van der Waals surface area (Å²) in [5.41, 5.74) is 0. The van der Waals surface area contributed by atoms with Gasteiger partial charge in [-0.15, -0.1) is 9.24 Å². The fourth-order valence-corrected chi connectivity index (χ4v) is 0.932. The maximum Gasteiger partial charge on any atom is 0.176 e. The van der Waals surface area contributed by atoms with Crippen molar-refractivity contribution in [1.82, 2.24) is 0 Å². The minimum atomic E-state index is -0.181. The van der Waals surface area contributed by atoms with Gasteiger partial charge in [0.05, 0.1) is 0 Å². The molecule has 0 aliphatic carbocycles. The Morgan fingerprint density at radius 2 is 2.00 bits per heavy atom. The summed E-state index contributed by atoms with van der Waals surface area (Å²) in [5, 5.41) is 0. The summed E-state index contributed by atoms with van der Waals surface area (Å²) in [7, 11) is 5.97. The molecule has 0 radical (unpaired) electrons. The molecule has 0 aliphatic rings. The molecule has 1 atom stereocenters. The van der Waals surface area contributed by atoms with E-state index in [9.17, 15) is 0 Å². The molecular formula is C8H17O2P. The van der Waals surface area contributed by atoms with E-state index in [0.717, 1.165) is 12.6 Å². The van der Waals surface area contributed by atoms with Crippen LogP contribution in [-0.4, -0.2) is 26.7 Å². The van der Waals surface area contributed by atoms with Crippen LogP contribution in [-0.2, 0) is 9.47 Å². The number of unbranched alkanes of at least 4 members (excludes halogenated alkanes) is 1. The van der Waals surface area contributed by atoms with Crippen molar-refractivity contribution in [3.05, 3.63) is 12.2 Å². The average molecular weight is 176 g/mol. The molecule has 0 aliphatic heterocycles. The second-order valence-corrected chi connectivity index (χ2v) is 2.78. The minimum Gasteiger partial charge on any atom is -0.352 e. The summed E-state index contributed by atoms with van der Waals surface area (Å²) >= 11 is 0. The lowest BCUT2D eigenvalue weighted by Crippen LogP contribution is -2.08. The van der Waals surface area contributed by atoms with E-state index in [0.29, 0.717) is 0 Å². The van der Waals surface area contributed by atoms with Crippen molar-refractivity contribution in [3.63, 3.8) is 0 Å². The Balaban J connectivity index is 3.36. The van der Waals surface area contributed by atoms with Crippen molar-refractivity contribution >= 4 is 9.24 Å². The first-order valence-electron chi connectivity index (χ1n) is 3.77. The van der Waals surface area contributed by atoms with Gasteiger partial charge in [0.25, 0.3) is 0 Å². The third kappa shape index (κ3) is 6.49. The number of rotatable bonds is 6. The molecule has 0 rings (SSSR count). The number of hydrogen-bond acceptors (Lipinski definition) is 2. The van der Waals surface area contributed by atoms with Crippen LogP contribution in [0.25, 0.3) is 0 Å². The van der Waals surface area contributed by atoms with Crippen molar-refractivity contribution in [1.29, 1.82) is 0 Å². The Bertz CT molecular complexity index is 100. The standard InChI is InChI=1S/C8H17O2P/c1-9-8(10-2)6-4-3-5-7-11/h4,6,8H,3,5,7,11H2,1-2H3/b6-4-. The van der Waals surface area contributed by atoms with Gasteiger partial charge in [-0.2, -0.15) is 0 Å². The second kappa shape index (κ2) is 8.19. The van der Waals surface area contributed by atoms with Crippen molar-refractivity contribution in [3.8, 4) is 0 Å². The highest BCUT2D eigenvalue weighted by molar-refractivity contribution is 7.16. The van der Waals surface area contributed by atoms with E-state index in [1.807, 2.05) is 6.08 Å². The number of ether oxygens (including phenoxy) is 2. The zero-order valence-electron chi connectivity index (χ0n) is 7.25. The van der Waals surface area contributed by atoms with Crippen LogP contribution in [0.3, 0.4) is 0 Å². The molecule has 2 nitrogen and oxygen atoms in total. The highest BCUT2D eigenvalue weighted by Crippen LogP contribution is 1.98. The normalized spacial score (nSPS) is 11.6. The quantitative estimate of drug-likeness (QED) is 0.266. The third-order valence-corrected chi connectivity index (χ3v) is 1.74. The van der Waals surface area contributed by atoms with Gasteiger partial charge in [-0.1, -0.05) is 6.08 Å². The van der Waals surface area contributed by atoms with Crippen molar-refractivity contribution in [2.45, 2.75) is 19.1 Å². The molecule has 1 unspecified atom stereocenters. The summed E-state index contributed by atoms with van der Waals surface area (Å²) < 4.78 is 9.93. The van der Waals surface area contributed by atoms with Crippen LogP contribution in [0.5, 0.6) is 0 Å². The minimum absolute atomic E-state index is 0.181. The highest BCUT2D eigenvalue weighted by Gasteiger charge is 1.95. The van der Waals surface area contributed by atoms with Gasteiger partial charge in [-0.05, 0) is 25.1 Å². The van der Waals surface area contributed by atoms with Gasteiger partial charge in [0, 0.05) is 14.2 Å². The van der Waals surface area contributed by atoms with E-state index in [1.165, 1.54) is 6.42 Å². The summed E-state index contributed by atoms with van der Waals surface area (Å²) in [5.74, 6) is 0. The monoisotopic (exact) mass is 176 g/mol. The lowest BCUT2D eigenvalue weighted by atomic mass is 10.3. The van der Waals surface area contributed by atoms with Gasteiger partial charge in [0.15, 0.2) is 6.29 Å². The Labute approximate surface area is 71.2 Å². The van der Waals surface area contributed by atoms with E-state index in [2.05, 4.69) is 15.3 Å². The van der Waals surface area contributed by atoms with Crippen LogP contribution in [0.1, 0.15) is 12.8 Å². The molecule has 0 bridgehead atoms. The molecule has 0 amide bonds. The summed E-state index contributed by atoms with van der Waals surface area (Å²) in [6, 6.07) is 0. The predicted molar refractivity (Wildman–Crippen MR) is 50.8 cm³/mol. The fraction of sp³-hybridized carbons (Fsp3) is 0.750. The topological polar surface area (TPSA) is 18.5 Å². The maximum atomic E-state index is 4.97. The summed E-state index contributed by atoms with van der Waals surface area (Å²) in [6.07, 6.45) is 7.27. The van der Waals surface area contributed by atoms with Crippen molar-refractivity contribution in [2.24, 2.45) is 0 Å². The van der Waals surface area contributed by atoms with Gasteiger partial charge < -0.3 is 9.47 Å². The molecule has 11 heavy (non-hydrogen) atoms. The fourth-order valence-electron chi connectivity index (χ4n) is 0.696. The van der Waals surface area contributed by atoms with E-state index in [-0.39, 0.29) is 6.29 Å². The zero-order chi connectivity index (χ0) is 8.53. The third-order valence-electron chi connectivity index (χ3n) is 1.33. The lowest BCUT2D eigenvalue weighted by Gasteiger charge is -2.06.